The lowest BCUT2D eigenvalue weighted by atomic mass is 9.91. The van der Waals surface area contributed by atoms with E-state index in [1.165, 1.54) is 6.42 Å². The molecule has 0 bridgehead atoms. The van der Waals surface area contributed by atoms with Crippen LogP contribution in [-0.4, -0.2) is 32.9 Å². The fraction of sp³-hybridized carbons (Fsp3) is 0.385. The van der Waals surface area contributed by atoms with Crippen LogP contribution in [0.4, 0.5) is 0 Å². The molecule has 2 aromatic heterocycles. The first-order valence-electron chi connectivity index (χ1n) is 11.5. The summed E-state index contributed by atoms with van der Waals surface area (Å²) in [6.45, 7) is 2.81. The average molecular weight is 448 g/mol. The maximum atomic E-state index is 13.7. The molecule has 5 rings (SSSR count). The van der Waals surface area contributed by atoms with Gasteiger partial charge in [-0.05, 0) is 48.9 Å². The lowest BCUT2D eigenvalue weighted by Crippen LogP contribution is -2.64. The Morgan fingerprint density at radius 3 is 2.50 bits per heavy atom. The van der Waals surface area contributed by atoms with Crippen molar-refractivity contribution in [2.75, 3.05) is 0 Å². The van der Waals surface area contributed by atoms with Gasteiger partial charge in [-0.2, -0.15) is 0 Å². The number of rotatable bonds is 5. The van der Waals surface area contributed by atoms with Gasteiger partial charge in [-0.15, -0.1) is 11.3 Å². The standard InChI is InChI=1S/C26H29N3O2S/c1-26(25(31)27-20-11-6-3-7-12-20)18-28-22(19-9-4-2-5-10-19)14-15-23(28)24(30)29(26)17-21-13-8-16-32-21/h2,4-5,8-10,13-16,20H,3,6-7,11-12,17-18H2,1H3,(H,27,31)/t26-/m0/s1. The molecule has 5 nitrogen and oxygen atoms in total. The number of fused-ring (bicyclic) bond motifs is 1. The van der Waals surface area contributed by atoms with E-state index >= 15 is 0 Å². The van der Waals surface area contributed by atoms with Gasteiger partial charge in [-0.1, -0.05) is 55.7 Å². The number of amides is 2. The van der Waals surface area contributed by atoms with Crippen molar-refractivity contribution in [3.63, 3.8) is 0 Å². The van der Waals surface area contributed by atoms with Gasteiger partial charge in [0, 0.05) is 16.6 Å². The van der Waals surface area contributed by atoms with Crippen molar-refractivity contribution in [1.82, 2.24) is 14.8 Å². The van der Waals surface area contributed by atoms with Crippen molar-refractivity contribution in [2.45, 2.75) is 63.7 Å². The first-order chi connectivity index (χ1) is 15.6. The van der Waals surface area contributed by atoms with Gasteiger partial charge in [-0.3, -0.25) is 9.59 Å². The molecule has 1 fully saturated rings. The minimum absolute atomic E-state index is 0.0485. The molecule has 1 atom stereocenters. The lowest BCUT2D eigenvalue weighted by Gasteiger charge is -2.45. The fourth-order valence-electron chi connectivity index (χ4n) is 5.03. The van der Waals surface area contributed by atoms with Crippen molar-refractivity contribution in [3.8, 4) is 11.3 Å². The molecule has 32 heavy (non-hydrogen) atoms. The Hall–Kier alpha value is -2.86. The van der Waals surface area contributed by atoms with Crippen molar-refractivity contribution in [1.29, 1.82) is 0 Å². The molecule has 0 saturated heterocycles. The molecule has 1 aliphatic carbocycles. The van der Waals surface area contributed by atoms with E-state index < -0.39 is 5.54 Å². The SMILES string of the molecule is C[C@@]1(C(=O)NC2CCCCC2)Cn2c(ccc2-c2ccccc2)C(=O)N1Cc1cccs1. The number of nitrogens with zero attached hydrogens (tertiary/aromatic N) is 2. The van der Waals surface area contributed by atoms with E-state index in [0.717, 1.165) is 41.8 Å². The van der Waals surface area contributed by atoms with Crippen molar-refractivity contribution < 1.29 is 9.59 Å². The molecule has 3 aromatic rings. The fourth-order valence-corrected chi connectivity index (χ4v) is 5.72. The molecule has 1 N–H and O–H groups in total. The van der Waals surface area contributed by atoms with Gasteiger partial charge < -0.3 is 14.8 Å². The van der Waals surface area contributed by atoms with Crippen LogP contribution in [0.3, 0.4) is 0 Å². The maximum Gasteiger partial charge on any atom is 0.271 e. The van der Waals surface area contributed by atoms with Crippen LogP contribution < -0.4 is 5.32 Å². The van der Waals surface area contributed by atoms with E-state index in [0.29, 0.717) is 18.8 Å². The van der Waals surface area contributed by atoms with Crippen molar-refractivity contribution in [3.05, 3.63) is 70.5 Å². The van der Waals surface area contributed by atoms with Crippen molar-refractivity contribution >= 4 is 23.2 Å². The van der Waals surface area contributed by atoms with E-state index in [2.05, 4.69) is 5.32 Å². The zero-order chi connectivity index (χ0) is 22.1. The summed E-state index contributed by atoms with van der Waals surface area (Å²) < 4.78 is 2.03. The Bertz CT molecular complexity index is 1100. The predicted octanol–water partition coefficient (Wildman–Crippen LogP) is 5.08. The van der Waals surface area contributed by atoms with Gasteiger partial charge in [0.2, 0.25) is 5.91 Å². The van der Waals surface area contributed by atoms with E-state index in [1.807, 2.05) is 71.5 Å². The van der Waals surface area contributed by atoms with Crippen LogP contribution in [0.15, 0.2) is 60.0 Å². The minimum Gasteiger partial charge on any atom is -0.351 e. The molecule has 0 spiro atoms. The number of hydrogen-bond donors (Lipinski definition) is 1. The van der Waals surface area contributed by atoms with Crippen molar-refractivity contribution in [2.24, 2.45) is 0 Å². The summed E-state index contributed by atoms with van der Waals surface area (Å²) in [7, 11) is 0. The van der Waals surface area contributed by atoms with Gasteiger partial charge in [0.15, 0.2) is 0 Å². The van der Waals surface area contributed by atoms with Crippen LogP contribution in [0.5, 0.6) is 0 Å². The number of carbonyl (C=O) groups is 2. The summed E-state index contributed by atoms with van der Waals surface area (Å²) in [5.41, 5.74) is 1.70. The number of nitrogens with one attached hydrogen (secondary N) is 1. The molecule has 0 unspecified atom stereocenters. The summed E-state index contributed by atoms with van der Waals surface area (Å²) in [6.07, 6.45) is 5.58. The molecule has 1 aliphatic heterocycles. The van der Waals surface area contributed by atoms with Gasteiger partial charge in [0.1, 0.15) is 11.2 Å². The molecule has 0 radical (unpaired) electrons. The molecular formula is C26H29N3O2S. The molecular weight excluding hydrogens is 418 g/mol. The molecule has 2 aliphatic rings. The molecule has 2 amide bonds. The predicted molar refractivity (Wildman–Crippen MR) is 127 cm³/mol. The average Bonchev–Trinajstić information content (AvgIpc) is 3.48. The lowest BCUT2D eigenvalue weighted by molar-refractivity contribution is -0.134. The van der Waals surface area contributed by atoms with Crippen LogP contribution in [0.25, 0.3) is 11.3 Å². The zero-order valence-electron chi connectivity index (χ0n) is 18.4. The van der Waals surface area contributed by atoms with Gasteiger partial charge in [0.05, 0.1) is 13.1 Å². The normalized spacial score (nSPS) is 21.4. The van der Waals surface area contributed by atoms with E-state index in [-0.39, 0.29) is 17.9 Å². The summed E-state index contributed by atoms with van der Waals surface area (Å²) in [5.74, 6) is -0.138. The van der Waals surface area contributed by atoms with E-state index in [9.17, 15) is 9.59 Å². The smallest absolute Gasteiger partial charge is 0.271 e. The third kappa shape index (κ3) is 3.77. The number of benzene rings is 1. The molecule has 3 heterocycles. The maximum absolute atomic E-state index is 13.7. The van der Waals surface area contributed by atoms with Gasteiger partial charge >= 0.3 is 0 Å². The molecule has 1 saturated carbocycles. The number of carbonyl (C=O) groups excluding carboxylic acids is 2. The summed E-state index contributed by atoms with van der Waals surface area (Å²) >= 11 is 1.62. The Morgan fingerprint density at radius 2 is 1.78 bits per heavy atom. The Morgan fingerprint density at radius 1 is 1.03 bits per heavy atom. The molecule has 166 valence electrons. The van der Waals surface area contributed by atoms with Crippen LogP contribution in [0.1, 0.15) is 54.4 Å². The largest absolute Gasteiger partial charge is 0.351 e. The van der Waals surface area contributed by atoms with Gasteiger partial charge in [-0.25, -0.2) is 0 Å². The van der Waals surface area contributed by atoms with Crippen LogP contribution in [-0.2, 0) is 17.9 Å². The first-order valence-corrected chi connectivity index (χ1v) is 12.3. The highest BCUT2D eigenvalue weighted by Crippen LogP contribution is 2.35. The number of hydrogen-bond acceptors (Lipinski definition) is 3. The first kappa shape index (κ1) is 21.0. The second-order valence-electron chi connectivity index (χ2n) is 9.11. The second kappa shape index (κ2) is 8.58. The highest BCUT2D eigenvalue weighted by molar-refractivity contribution is 7.09. The molecule has 6 heteroatoms. The Balaban J connectivity index is 1.53. The van der Waals surface area contributed by atoms with E-state index in [4.69, 9.17) is 0 Å². The van der Waals surface area contributed by atoms with Gasteiger partial charge in [0.25, 0.3) is 5.91 Å². The third-order valence-corrected chi connectivity index (χ3v) is 7.76. The summed E-state index contributed by atoms with van der Waals surface area (Å²) in [6, 6.07) is 18.2. The molecule has 1 aromatic carbocycles. The summed E-state index contributed by atoms with van der Waals surface area (Å²) in [4.78, 5) is 30.3. The summed E-state index contributed by atoms with van der Waals surface area (Å²) in [5, 5.41) is 5.31. The number of thiophene rings is 1. The topological polar surface area (TPSA) is 54.3 Å². The van der Waals surface area contributed by atoms with Crippen LogP contribution in [0.2, 0.25) is 0 Å². The Labute approximate surface area is 193 Å². The quantitative estimate of drug-likeness (QED) is 0.593. The highest BCUT2D eigenvalue weighted by Gasteiger charge is 2.48. The third-order valence-electron chi connectivity index (χ3n) is 6.90. The highest BCUT2D eigenvalue weighted by atomic mass is 32.1. The minimum atomic E-state index is -0.964. The zero-order valence-corrected chi connectivity index (χ0v) is 19.2. The van der Waals surface area contributed by atoms with Crippen LogP contribution >= 0.6 is 11.3 Å². The number of aromatic nitrogens is 1. The second-order valence-corrected chi connectivity index (χ2v) is 10.1. The monoisotopic (exact) mass is 447 g/mol. The van der Waals surface area contributed by atoms with Crippen LogP contribution in [0, 0.1) is 0 Å². The van der Waals surface area contributed by atoms with E-state index in [1.54, 1.807) is 16.2 Å². The Kier molecular flexibility index (Phi) is 5.64.